The van der Waals surface area contributed by atoms with Gasteiger partial charge in [0.25, 0.3) is 0 Å². The third-order valence-corrected chi connectivity index (χ3v) is 1.73. The molecule has 0 aromatic rings. The Morgan fingerprint density at radius 1 is 1.31 bits per heavy atom. The van der Waals surface area contributed by atoms with E-state index in [2.05, 4.69) is 9.47 Å². The molecule has 1 atom stereocenters. The van der Waals surface area contributed by atoms with Gasteiger partial charge < -0.3 is 15.2 Å². The first kappa shape index (κ1) is 11.9. The summed E-state index contributed by atoms with van der Waals surface area (Å²) in [6.07, 6.45) is 0.324. The second-order valence-corrected chi connectivity index (χ2v) is 2.99. The molecule has 0 fully saturated rings. The normalized spacial score (nSPS) is 14.5. The second kappa shape index (κ2) is 4.81. The number of nitrogens with two attached hydrogens (primary N) is 1. The van der Waals surface area contributed by atoms with Gasteiger partial charge in [0.05, 0.1) is 14.2 Å². The Bertz CT molecular complexity index is 200. The lowest BCUT2D eigenvalue weighted by atomic mass is 9.97. The van der Waals surface area contributed by atoms with E-state index in [1.165, 1.54) is 21.1 Å². The number of rotatable bonds is 4. The molecule has 0 saturated carbocycles. The molecule has 5 heteroatoms. The standard InChI is InChI=1S/C8H15NO4/c1-8(9,7(11)13-3)5-4-6(10)12-2/h4-5,9H2,1-3H3/t8-/m0/s1. The molecule has 0 aliphatic rings. The average molecular weight is 189 g/mol. The summed E-state index contributed by atoms with van der Waals surface area (Å²) < 4.78 is 8.88. The Morgan fingerprint density at radius 2 is 1.85 bits per heavy atom. The van der Waals surface area contributed by atoms with Crippen LogP contribution in [0.25, 0.3) is 0 Å². The Balaban J connectivity index is 4.03. The van der Waals surface area contributed by atoms with Crippen molar-refractivity contribution in [3.8, 4) is 0 Å². The molecule has 0 heterocycles. The van der Waals surface area contributed by atoms with Crippen LogP contribution in [-0.4, -0.2) is 31.7 Å². The SMILES string of the molecule is COC(=O)CC[C@](C)(N)C(=O)OC. The van der Waals surface area contributed by atoms with E-state index in [-0.39, 0.29) is 18.8 Å². The summed E-state index contributed by atoms with van der Waals surface area (Å²) in [5.41, 5.74) is 4.47. The predicted molar refractivity (Wildman–Crippen MR) is 45.9 cm³/mol. The van der Waals surface area contributed by atoms with Crippen LogP contribution in [0.5, 0.6) is 0 Å². The molecule has 0 unspecified atom stereocenters. The van der Waals surface area contributed by atoms with Crippen LogP contribution in [0.1, 0.15) is 19.8 Å². The molecule has 0 aromatic heterocycles. The molecule has 13 heavy (non-hydrogen) atoms. The van der Waals surface area contributed by atoms with Crippen molar-refractivity contribution >= 4 is 11.9 Å². The largest absolute Gasteiger partial charge is 0.469 e. The zero-order valence-electron chi connectivity index (χ0n) is 8.12. The fourth-order valence-electron chi connectivity index (χ4n) is 0.799. The molecule has 0 bridgehead atoms. The monoisotopic (exact) mass is 189 g/mol. The van der Waals surface area contributed by atoms with Crippen LogP contribution in [0.3, 0.4) is 0 Å². The molecule has 0 rings (SSSR count). The Morgan fingerprint density at radius 3 is 2.23 bits per heavy atom. The van der Waals surface area contributed by atoms with Gasteiger partial charge in [-0.15, -0.1) is 0 Å². The van der Waals surface area contributed by atoms with Crippen LogP contribution < -0.4 is 5.73 Å². The van der Waals surface area contributed by atoms with Crippen molar-refractivity contribution in [2.24, 2.45) is 5.73 Å². The maximum Gasteiger partial charge on any atom is 0.325 e. The highest BCUT2D eigenvalue weighted by molar-refractivity contribution is 5.80. The average Bonchev–Trinajstić information content (AvgIpc) is 2.12. The van der Waals surface area contributed by atoms with Crippen molar-refractivity contribution < 1.29 is 19.1 Å². The van der Waals surface area contributed by atoms with E-state index in [1.807, 2.05) is 0 Å². The van der Waals surface area contributed by atoms with Gasteiger partial charge in [0.1, 0.15) is 5.54 Å². The highest BCUT2D eigenvalue weighted by Crippen LogP contribution is 2.10. The summed E-state index contributed by atoms with van der Waals surface area (Å²) in [4.78, 5) is 21.8. The first-order valence-corrected chi connectivity index (χ1v) is 3.88. The van der Waals surface area contributed by atoms with Crippen molar-refractivity contribution in [2.75, 3.05) is 14.2 Å². The maximum atomic E-state index is 11.0. The van der Waals surface area contributed by atoms with Gasteiger partial charge in [-0.1, -0.05) is 0 Å². The smallest absolute Gasteiger partial charge is 0.325 e. The fraction of sp³-hybridized carbons (Fsp3) is 0.750. The lowest BCUT2D eigenvalue weighted by Crippen LogP contribution is -2.46. The summed E-state index contributed by atoms with van der Waals surface area (Å²) in [6.45, 7) is 1.52. The molecule has 0 spiro atoms. The lowest BCUT2D eigenvalue weighted by Gasteiger charge is -2.20. The minimum Gasteiger partial charge on any atom is -0.469 e. The van der Waals surface area contributed by atoms with Gasteiger partial charge in [-0.2, -0.15) is 0 Å². The van der Waals surface area contributed by atoms with E-state index in [9.17, 15) is 9.59 Å². The quantitative estimate of drug-likeness (QED) is 0.621. The van der Waals surface area contributed by atoms with Gasteiger partial charge in [0.2, 0.25) is 0 Å². The van der Waals surface area contributed by atoms with E-state index in [0.717, 1.165) is 0 Å². The van der Waals surface area contributed by atoms with Crippen LogP contribution in [0.2, 0.25) is 0 Å². The molecule has 0 radical (unpaired) electrons. The molecule has 0 saturated heterocycles. The van der Waals surface area contributed by atoms with E-state index in [4.69, 9.17) is 5.73 Å². The summed E-state index contributed by atoms with van der Waals surface area (Å²) in [5, 5.41) is 0. The minimum atomic E-state index is -1.12. The highest BCUT2D eigenvalue weighted by atomic mass is 16.5. The summed E-state index contributed by atoms with van der Waals surface area (Å²) in [6, 6.07) is 0. The molecule has 2 N–H and O–H groups in total. The Hall–Kier alpha value is -1.10. The summed E-state index contributed by atoms with van der Waals surface area (Å²) in [5.74, 6) is -0.919. The van der Waals surface area contributed by atoms with Crippen molar-refractivity contribution in [3.63, 3.8) is 0 Å². The maximum absolute atomic E-state index is 11.0. The van der Waals surface area contributed by atoms with Gasteiger partial charge >= 0.3 is 11.9 Å². The highest BCUT2D eigenvalue weighted by Gasteiger charge is 2.29. The van der Waals surface area contributed by atoms with Crippen LogP contribution in [0, 0.1) is 0 Å². The number of hydrogen-bond acceptors (Lipinski definition) is 5. The van der Waals surface area contributed by atoms with Gasteiger partial charge in [0, 0.05) is 6.42 Å². The summed E-state index contributed by atoms with van der Waals surface area (Å²) in [7, 11) is 2.54. The van der Waals surface area contributed by atoms with Gasteiger partial charge in [-0.05, 0) is 13.3 Å². The number of methoxy groups -OCH3 is 2. The predicted octanol–water partition coefficient (Wildman–Crippen LogP) is -0.170. The number of carbonyl (C=O) groups is 2. The molecular formula is C8H15NO4. The van der Waals surface area contributed by atoms with E-state index < -0.39 is 11.5 Å². The Kier molecular flexibility index (Phi) is 4.40. The zero-order chi connectivity index (χ0) is 10.5. The number of esters is 2. The minimum absolute atomic E-state index is 0.110. The topological polar surface area (TPSA) is 78.6 Å². The second-order valence-electron chi connectivity index (χ2n) is 2.99. The van der Waals surface area contributed by atoms with Crippen molar-refractivity contribution in [1.29, 1.82) is 0 Å². The van der Waals surface area contributed by atoms with Gasteiger partial charge in [0.15, 0.2) is 0 Å². The molecule has 0 aliphatic carbocycles. The van der Waals surface area contributed by atoms with Gasteiger partial charge in [-0.3, -0.25) is 9.59 Å². The van der Waals surface area contributed by atoms with Crippen LogP contribution >= 0.6 is 0 Å². The number of hydrogen-bond donors (Lipinski definition) is 1. The lowest BCUT2D eigenvalue weighted by molar-refractivity contribution is -0.147. The first-order valence-electron chi connectivity index (χ1n) is 3.88. The number of ether oxygens (including phenoxy) is 2. The van der Waals surface area contributed by atoms with Crippen LogP contribution in [0.4, 0.5) is 0 Å². The first-order chi connectivity index (χ1) is 5.94. The fourth-order valence-corrected chi connectivity index (χ4v) is 0.799. The molecule has 5 nitrogen and oxygen atoms in total. The van der Waals surface area contributed by atoms with Gasteiger partial charge in [-0.25, -0.2) is 0 Å². The van der Waals surface area contributed by atoms with Crippen LogP contribution in [0.15, 0.2) is 0 Å². The summed E-state index contributed by atoms with van der Waals surface area (Å²) >= 11 is 0. The van der Waals surface area contributed by atoms with Crippen molar-refractivity contribution in [3.05, 3.63) is 0 Å². The van der Waals surface area contributed by atoms with E-state index in [1.54, 1.807) is 0 Å². The molecular weight excluding hydrogens is 174 g/mol. The van der Waals surface area contributed by atoms with E-state index >= 15 is 0 Å². The third-order valence-electron chi connectivity index (χ3n) is 1.73. The number of carbonyl (C=O) groups excluding carboxylic acids is 2. The third kappa shape index (κ3) is 3.89. The van der Waals surface area contributed by atoms with Crippen molar-refractivity contribution in [2.45, 2.75) is 25.3 Å². The molecule has 0 aliphatic heterocycles. The van der Waals surface area contributed by atoms with Crippen molar-refractivity contribution in [1.82, 2.24) is 0 Å². The molecule has 0 aromatic carbocycles. The molecule has 76 valence electrons. The Labute approximate surface area is 77.2 Å². The molecule has 0 amide bonds. The van der Waals surface area contributed by atoms with Crippen LogP contribution in [-0.2, 0) is 19.1 Å². The van der Waals surface area contributed by atoms with E-state index in [0.29, 0.717) is 0 Å². The zero-order valence-corrected chi connectivity index (χ0v) is 8.12.